The molecule has 0 saturated heterocycles. The number of carbonyl (C=O) groups excluding carboxylic acids is 1. The maximum atomic E-state index is 13.4. The molecule has 0 radical (unpaired) electrons. The lowest BCUT2D eigenvalue weighted by atomic mass is 10.2. The quantitative estimate of drug-likeness (QED) is 0.470. The predicted octanol–water partition coefficient (Wildman–Crippen LogP) is 4.42. The lowest BCUT2D eigenvalue weighted by Gasteiger charge is -2.24. The largest absolute Gasteiger partial charge is 0.494 e. The third kappa shape index (κ3) is 6.32. The highest BCUT2D eigenvalue weighted by molar-refractivity contribution is 7.92. The van der Waals surface area contributed by atoms with Crippen molar-refractivity contribution in [3.05, 3.63) is 54.1 Å². The molecule has 32 heavy (non-hydrogen) atoms. The molecule has 8 heteroatoms. The number of rotatable bonds is 8. The Kier molecular flexibility index (Phi) is 8.27. The first kappa shape index (κ1) is 23.8. The number of carbonyl (C=O) groups is 1. The van der Waals surface area contributed by atoms with Gasteiger partial charge in [-0.1, -0.05) is 30.5 Å². The maximum absolute atomic E-state index is 13.4. The molecule has 1 amide bonds. The summed E-state index contributed by atoms with van der Waals surface area (Å²) >= 11 is 0. The van der Waals surface area contributed by atoms with Crippen LogP contribution in [0.15, 0.2) is 58.5 Å². The molecule has 1 N–H and O–H groups in total. The Hall–Kier alpha value is -2.87. The van der Waals surface area contributed by atoms with E-state index in [-0.39, 0.29) is 11.4 Å². The summed E-state index contributed by atoms with van der Waals surface area (Å²) in [4.78, 5) is 12.8. The van der Waals surface area contributed by atoms with Gasteiger partial charge in [-0.3, -0.25) is 9.10 Å². The van der Waals surface area contributed by atoms with Crippen LogP contribution in [-0.4, -0.2) is 33.2 Å². The molecule has 0 unspecified atom stereocenters. The van der Waals surface area contributed by atoms with E-state index >= 15 is 0 Å². The van der Waals surface area contributed by atoms with E-state index in [1.807, 2.05) is 13.8 Å². The third-order valence-corrected chi connectivity index (χ3v) is 7.14. The second-order valence-corrected chi connectivity index (χ2v) is 9.74. The van der Waals surface area contributed by atoms with Gasteiger partial charge in [0, 0.05) is 5.71 Å². The molecule has 0 aliphatic heterocycles. The molecule has 0 aromatic heterocycles. The Balaban J connectivity index is 1.85. The van der Waals surface area contributed by atoms with Crippen LogP contribution in [0.3, 0.4) is 0 Å². The number of benzene rings is 2. The first-order chi connectivity index (χ1) is 15.4. The Morgan fingerprint density at radius 3 is 2.22 bits per heavy atom. The van der Waals surface area contributed by atoms with Gasteiger partial charge in [0.25, 0.3) is 15.9 Å². The summed E-state index contributed by atoms with van der Waals surface area (Å²) in [7, 11) is -3.96. The Bertz CT molecular complexity index is 1020. The van der Waals surface area contributed by atoms with E-state index in [0.717, 1.165) is 41.3 Å². The van der Waals surface area contributed by atoms with E-state index in [9.17, 15) is 13.2 Å². The molecular weight excluding hydrogens is 426 g/mol. The van der Waals surface area contributed by atoms with Gasteiger partial charge in [0.05, 0.1) is 17.2 Å². The zero-order valence-electron chi connectivity index (χ0n) is 18.7. The lowest BCUT2D eigenvalue weighted by molar-refractivity contribution is -0.119. The average molecular weight is 458 g/mol. The number of ether oxygens (including phenoxy) is 1. The number of anilines is 1. The Labute approximate surface area is 190 Å². The second kappa shape index (κ2) is 11.1. The van der Waals surface area contributed by atoms with Gasteiger partial charge in [-0.25, -0.2) is 13.8 Å². The molecule has 1 aliphatic carbocycles. The number of nitrogens with zero attached hydrogens (tertiary/aromatic N) is 2. The van der Waals surface area contributed by atoms with E-state index in [1.165, 1.54) is 12.8 Å². The minimum Gasteiger partial charge on any atom is -0.494 e. The van der Waals surface area contributed by atoms with Crippen LogP contribution in [0.5, 0.6) is 5.75 Å². The van der Waals surface area contributed by atoms with Crippen LogP contribution in [0.25, 0.3) is 0 Å². The first-order valence-electron chi connectivity index (χ1n) is 11.1. The Morgan fingerprint density at radius 1 is 1.00 bits per heavy atom. The summed E-state index contributed by atoms with van der Waals surface area (Å²) in [5.74, 6) is 0.152. The van der Waals surface area contributed by atoms with Crippen LogP contribution in [-0.2, 0) is 14.8 Å². The van der Waals surface area contributed by atoms with Crippen molar-refractivity contribution in [1.29, 1.82) is 0 Å². The minimum absolute atomic E-state index is 0.125. The fourth-order valence-corrected chi connectivity index (χ4v) is 5.00. The van der Waals surface area contributed by atoms with Gasteiger partial charge in [-0.2, -0.15) is 5.10 Å². The summed E-state index contributed by atoms with van der Waals surface area (Å²) < 4.78 is 33.4. The standard InChI is InChI=1S/C24H31N3O4S/c1-3-31-22-14-12-21(13-15-22)27(32(29,30)23-16-10-19(2)11-17-23)18-24(28)26-25-20-8-6-4-5-7-9-20/h10-17H,3-9,18H2,1-2H3,(H,26,28). The fourth-order valence-electron chi connectivity index (χ4n) is 3.58. The van der Waals surface area contributed by atoms with Gasteiger partial charge in [-0.15, -0.1) is 0 Å². The molecule has 7 nitrogen and oxygen atoms in total. The molecule has 2 aromatic rings. The summed E-state index contributed by atoms with van der Waals surface area (Å²) in [6.45, 7) is 3.90. The van der Waals surface area contributed by atoms with E-state index in [0.29, 0.717) is 18.0 Å². The molecule has 1 fully saturated rings. The third-order valence-electron chi connectivity index (χ3n) is 5.35. The lowest BCUT2D eigenvalue weighted by Crippen LogP contribution is -2.39. The fraction of sp³-hybridized carbons (Fsp3) is 0.417. The smallest absolute Gasteiger partial charge is 0.264 e. The SMILES string of the molecule is CCOc1ccc(N(CC(=O)NN=C2CCCCCC2)S(=O)(=O)c2ccc(C)cc2)cc1. The zero-order valence-corrected chi connectivity index (χ0v) is 19.5. The van der Waals surface area contributed by atoms with Crippen molar-refractivity contribution in [1.82, 2.24) is 5.43 Å². The molecule has 0 heterocycles. The molecule has 1 aliphatic rings. The first-order valence-corrected chi connectivity index (χ1v) is 12.5. The van der Waals surface area contributed by atoms with Crippen molar-refractivity contribution < 1.29 is 17.9 Å². The normalized spacial score (nSPS) is 14.4. The topological polar surface area (TPSA) is 88.1 Å². The van der Waals surface area contributed by atoms with Crippen LogP contribution >= 0.6 is 0 Å². The van der Waals surface area contributed by atoms with Crippen LogP contribution in [0.1, 0.15) is 51.0 Å². The summed E-state index contributed by atoms with van der Waals surface area (Å²) in [6, 6.07) is 13.2. The van der Waals surface area contributed by atoms with Crippen molar-refractivity contribution in [3.63, 3.8) is 0 Å². The average Bonchev–Trinajstić information content (AvgIpc) is 3.06. The van der Waals surface area contributed by atoms with Crippen molar-refractivity contribution in [3.8, 4) is 5.75 Å². The van der Waals surface area contributed by atoms with Crippen LogP contribution < -0.4 is 14.5 Å². The Morgan fingerprint density at radius 2 is 1.62 bits per heavy atom. The molecule has 0 atom stereocenters. The predicted molar refractivity (Wildman–Crippen MR) is 127 cm³/mol. The minimum atomic E-state index is -3.96. The van der Waals surface area contributed by atoms with Crippen molar-refractivity contribution in [2.45, 2.75) is 57.3 Å². The van der Waals surface area contributed by atoms with Crippen molar-refractivity contribution in [2.24, 2.45) is 5.10 Å². The van der Waals surface area contributed by atoms with Gasteiger partial charge < -0.3 is 4.74 Å². The van der Waals surface area contributed by atoms with Crippen LogP contribution in [0.4, 0.5) is 5.69 Å². The van der Waals surface area contributed by atoms with Gasteiger partial charge in [0.1, 0.15) is 12.3 Å². The molecule has 172 valence electrons. The van der Waals surface area contributed by atoms with E-state index < -0.39 is 15.9 Å². The highest BCUT2D eigenvalue weighted by Crippen LogP contribution is 2.26. The summed E-state index contributed by atoms with van der Waals surface area (Å²) in [5.41, 5.74) is 4.86. The number of hydrogen-bond acceptors (Lipinski definition) is 5. The number of amides is 1. The van der Waals surface area contributed by atoms with Crippen LogP contribution in [0.2, 0.25) is 0 Å². The molecule has 0 spiro atoms. The van der Waals surface area contributed by atoms with Crippen LogP contribution in [0, 0.1) is 6.92 Å². The number of aryl methyl sites for hydroxylation is 1. The number of nitrogens with one attached hydrogen (secondary N) is 1. The summed E-state index contributed by atoms with van der Waals surface area (Å²) in [6.07, 6.45) is 6.21. The molecular formula is C24H31N3O4S. The van der Waals surface area contributed by atoms with E-state index in [4.69, 9.17) is 4.74 Å². The molecule has 2 aromatic carbocycles. The zero-order chi connectivity index (χ0) is 23.0. The number of hydrazone groups is 1. The highest BCUT2D eigenvalue weighted by Gasteiger charge is 2.27. The van der Waals surface area contributed by atoms with Gasteiger partial charge in [0.15, 0.2) is 0 Å². The van der Waals surface area contributed by atoms with Crippen molar-refractivity contribution >= 4 is 27.3 Å². The molecule has 1 saturated carbocycles. The van der Waals surface area contributed by atoms with Gasteiger partial charge >= 0.3 is 0 Å². The van der Waals surface area contributed by atoms with Gasteiger partial charge in [-0.05, 0) is 75.9 Å². The molecule has 3 rings (SSSR count). The molecule has 0 bridgehead atoms. The van der Waals surface area contributed by atoms with Gasteiger partial charge in [0.2, 0.25) is 0 Å². The highest BCUT2D eigenvalue weighted by atomic mass is 32.2. The van der Waals surface area contributed by atoms with E-state index in [1.54, 1.807) is 48.5 Å². The number of hydrogen-bond donors (Lipinski definition) is 1. The maximum Gasteiger partial charge on any atom is 0.264 e. The second-order valence-electron chi connectivity index (χ2n) is 7.88. The van der Waals surface area contributed by atoms with Crippen molar-refractivity contribution in [2.75, 3.05) is 17.5 Å². The van der Waals surface area contributed by atoms with E-state index in [2.05, 4.69) is 10.5 Å². The number of sulfonamides is 1. The summed E-state index contributed by atoms with van der Waals surface area (Å²) in [5, 5.41) is 4.27. The monoisotopic (exact) mass is 457 g/mol.